The fourth-order valence-corrected chi connectivity index (χ4v) is 5.98. The molecule has 0 unspecified atom stereocenters. The first kappa shape index (κ1) is 20.6. The Morgan fingerprint density at radius 2 is 1.31 bits per heavy atom. The molecule has 0 radical (unpaired) electrons. The van der Waals surface area contributed by atoms with Crippen LogP contribution in [0.5, 0.6) is 0 Å². The highest BCUT2D eigenvalue weighted by Gasteiger charge is 2.22. The van der Waals surface area contributed by atoms with Crippen molar-refractivity contribution in [2.75, 3.05) is 4.90 Å². The van der Waals surface area contributed by atoms with Crippen molar-refractivity contribution in [1.82, 2.24) is 0 Å². The first-order chi connectivity index (χ1) is 15.4. The second-order valence-electron chi connectivity index (χ2n) is 6.88. The van der Waals surface area contributed by atoms with Crippen LogP contribution in [0.1, 0.15) is 0 Å². The minimum Gasteiger partial charge on any atom is -0.293 e. The average molecular weight is 526 g/mol. The average Bonchev–Trinajstić information content (AvgIpc) is 3.45. The van der Waals surface area contributed by atoms with Gasteiger partial charge in [-0.3, -0.25) is 25.1 Å². The van der Waals surface area contributed by atoms with Gasteiger partial charge in [0.05, 0.1) is 9.85 Å². The van der Waals surface area contributed by atoms with Gasteiger partial charge < -0.3 is 0 Å². The topological polar surface area (TPSA) is 89.5 Å². The summed E-state index contributed by atoms with van der Waals surface area (Å²) >= 11 is 5.68. The molecule has 158 valence electrons. The molecule has 3 aromatic carbocycles. The first-order valence-electron chi connectivity index (χ1n) is 9.32. The molecule has 0 spiro atoms. The summed E-state index contributed by atoms with van der Waals surface area (Å²) in [7, 11) is 0. The molecule has 0 N–H and O–H groups in total. The second kappa shape index (κ2) is 7.97. The Kier molecular flexibility index (Phi) is 5.12. The molecule has 0 aliphatic heterocycles. The van der Waals surface area contributed by atoms with E-state index in [9.17, 15) is 20.2 Å². The minimum atomic E-state index is -0.436. The molecule has 0 saturated heterocycles. The summed E-state index contributed by atoms with van der Waals surface area (Å²) in [5, 5.41) is 27.9. The normalized spacial score (nSPS) is 11.2. The molecule has 0 atom stereocenters. The number of fused-ring (bicyclic) bond motifs is 3. The van der Waals surface area contributed by atoms with Gasteiger partial charge in [-0.25, -0.2) is 0 Å². The number of halogens is 1. The van der Waals surface area contributed by atoms with Gasteiger partial charge in [0.15, 0.2) is 0 Å². The lowest BCUT2D eigenvalue weighted by atomic mass is 10.0. The molecule has 0 fully saturated rings. The molecule has 0 saturated carbocycles. The molecule has 5 rings (SSSR count). The fourth-order valence-electron chi connectivity index (χ4n) is 3.62. The van der Waals surface area contributed by atoms with Gasteiger partial charge >= 0.3 is 10.0 Å². The summed E-state index contributed by atoms with van der Waals surface area (Å²) in [4.78, 5) is 23.5. The van der Waals surface area contributed by atoms with Crippen LogP contribution in [-0.2, 0) is 0 Å². The van der Waals surface area contributed by atoms with Crippen LogP contribution in [0.4, 0.5) is 25.7 Å². The number of nitrogens with zero attached hydrogens (tertiary/aromatic N) is 3. The van der Waals surface area contributed by atoms with Crippen molar-refractivity contribution in [3.05, 3.63) is 97.5 Å². The molecular weight excluding hydrogens is 514 g/mol. The number of hydrogen-bond acceptors (Lipinski definition) is 7. The van der Waals surface area contributed by atoms with Crippen molar-refractivity contribution in [3.8, 4) is 0 Å². The van der Waals surface area contributed by atoms with E-state index in [1.54, 1.807) is 12.1 Å². The lowest BCUT2D eigenvalue weighted by molar-refractivity contribution is -0.380. The van der Waals surface area contributed by atoms with Crippen LogP contribution in [0.2, 0.25) is 0 Å². The molecule has 0 aliphatic carbocycles. The van der Waals surface area contributed by atoms with Crippen LogP contribution in [0.15, 0.2) is 77.3 Å². The van der Waals surface area contributed by atoms with Gasteiger partial charge in [0.25, 0.3) is 0 Å². The molecule has 2 heterocycles. The highest BCUT2D eigenvalue weighted by molar-refractivity contribution is 9.10. The summed E-state index contributed by atoms with van der Waals surface area (Å²) in [5.74, 6) is 0. The van der Waals surface area contributed by atoms with Crippen molar-refractivity contribution >= 4 is 85.8 Å². The van der Waals surface area contributed by atoms with E-state index < -0.39 is 9.85 Å². The molecule has 2 aromatic heterocycles. The minimum absolute atomic E-state index is 0.00576. The predicted molar refractivity (Wildman–Crippen MR) is 133 cm³/mol. The smallest absolute Gasteiger partial charge is 0.293 e. The maximum Gasteiger partial charge on any atom is 0.326 e. The Bertz CT molecular complexity index is 1480. The van der Waals surface area contributed by atoms with E-state index in [1.165, 1.54) is 12.1 Å². The summed E-state index contributed by atoms with van der Waals surface area (Å²) in [6, 6.07) is 22.2. The first-order valence-corrected chi connectivity index (χ1v) is 11.7. The van der Waals surface area contributed by atoms with Crippen LogP contribution in [0.25, 0.3) is 21.5 Å². The third-order valence-electron chi connectivity index (χ3n) is 5.01. The molecule has 7 nitrogen and oxygen atoms in total. The SMILES string of the molecule is O=[N+]([O-])c1ccc(N(c2ccc3cc(Br)c4ccccc4c3c2)c2ccc([N+](=O)[O-])s2)s1. The second-order valence-corrected chi connectivity index (χ2v) is 9.82. The summed E-state index contributed by atoms with van der Waals surface area (Å²) in [6.45, 7) is 0. The van der Waals surface area contributed by atoms with Crippen molar-refractivity contribution in [2.45, 2.75) is 0 Å². The number of thiophene rings is 2. The third kappa shape index (κ3) is 3.52. The van der Waals surface area contributed by atoms with E-state index in [0.29, 0.717) is 10.0 Å². The molecule has 10 heteroatoms. The van der Waals surface area contributed by atoms with E-state index in [-0.39, 0.29) is 10.0 Å². The van der Waals surface area contributed by atoms with Gasteiger partial charge in [0, 0.05) is 22.3 Å². The zero-order valence-electron chi connectivity index (χ0n) is 16.1. The maximum absolute atomic E-state index is 11.3. The molecule has 5 aromatic rings. The van der Waals surface area contributed by atoms with E-state index in [2.05, 4.69) is 22.0 Å². The Balaban J connectivity index is 1.74. The van der Waals surface area contributed by atoms with Crippen LogP contribution in [0.3, 0.4) is 0 Å². The number of benzene rings is 3. The van der Waals surface area contributed by atoms with Crippen LogP contribution in [-0.4, -0.2) is 9.85 Å². The Hall–Kier alpha value is -3.34. The zero-order chi connectivity index (χ0) is 22.4. The summed E-state index contributed by atoms with van der Waals surface area (Å²) in [6.07, 6.45) is 0. The Labute approximate surface area is 197 Å². The van der Waals surface area contributed by atoms with Crippen molar-refractivity contribution in [3.63, 3.8) is 0 Å². The van der Waals surface area contributed by atoms with Gasteiger partial charge in [0.1, 0.15) is 10.0 Å². The van der Waals surface area contributed by atoms with E-state index in [1.807, 2.05) is 47.4 Å². The van der Waals surface area contributed by atoms with E-state index in [0.717, 1.165) is 54.4 Å². The van der Waals surface area contributed by atoms with Gasteiger partial charge in [-0.1, -0.05) is 46.3 Å². The quantitative estimate of drug-likeness (QED) is 0.131. The highest BCUT2D eigenvalue weighted by Crippen LogP contribution is 2.46. The Morgan fingerprint density at radius 1 is 0.719 bits per heavy atom. The third-order valence-corrected chi connectivity index (χ3v) is 7.71. The number of rotatable bonds is 5. The van der Waals surface area contributed by atoms with Crippen LogP contribution >= 0.6 is 38.6 Å². The molecule has 0 amide bonds. The summed E-state index contributed by atoms with van der Waals surface area (Å²) in [5.41, 5.74) is 0.762. The van der Waals surface area contributed by atoms with Gasteiger partial charge in [0.2, 0.25) is 0 Å². The molecule has 0 aliphatic rings. The predicted octanol–water partition coefficient (Wildman–Crippen LogP) is 8.16. The number of anilines is 3. The van der Waals surface area contributed by atoms with Crippen molar-refractivity contribution in [1.29, 1.82) is 0 Å². The van der Waals surface area contributed by atoms with Crippen LogP contribution < -0.4 is 4.90 Å². The number of hydrogen-bond donors (Lipinski definition) is 0. The van der Waals surface area contributed by atoms with Crippen LogP contribution in [0, 0.1) is 20.2 Å². The largest absolute Gasteiger partial charge is 0.326 e. The van der Waals surface area contributed by atoms with Gasteiger partial charge in [-0.05, 0) is 74.6 Å². The molecular formula is C22H12BrN3O4S2. The summed E-state index contributed by atoms with van der Waals surface area (Å²) < 4.78 is 0.993. The number of nitro groups is 2. The standard InChI is InChI=1S/C22H12BrN3O4S2/c23-18-11-13-5-6-14(12-17(13)15-3-1-2-4-16(15)18)24(19-7-9-21(31-19)25(27)28)20-8-10-22(32-20)26(29)30/h1-12H. The maximum atomic E-state index is 11.3. The van der Waals surface area contributed by atoms with Crippen molar-refractivity contribution < 1.29 is 9.85 Å². The van der Waals surface area contributed by atoms with Crippen molar-refractivity contribution in [2.24, 2.45) is 0 Å². The Morgan fingerprint density at radius 3 is 1.88 bits per heavy atom. The molecule has 32 heavy (non-hydrogen) atoms. The lowest BCUT2D eigenvalue weighted by Crippen LogP contribution is -2.06. The van der Waals surface area contributed by atoms with E-state index >= 15 is 0 Å². The van der Waals surface area contributed by atoms with Gasteiger partial charge in [-0.15, -0.1) is 0 Å². The van der Waals surface area contributed by atoms with Gasteiger partial charge in [-0.2, -0.15) is 0 Å². The zero-order valence-corrected chi connectivity index (χ0v) is 19.3. The highest BCUT2D eigenvalue weighted by atomic mass is 79.9. The lowest BCUT2D eigenvalue weighted by Gasteiger charge is -2.22. The van der Waals surface area contributed by atoms with E-state index in [4.69, 9.17) is 0 Å². The molecule has 0 bridgehead atoms. The fraction of sp³-hybridized carbons (Fsp3) is 0. The monoisotopic (exact) mass is 525 g/mol.